The summed E-state index contributed by atoms with van der Waals surface area (Å²) in [5.41, 5.74) is 3.05. The molecular formula is C16H16ClF4N3O2. The van der Waals surface area contributed by atoms with E-state index in [1.54, 1.807) is 0 Å². The third-order valence-electron chi connectivity index (χ3n) is 5.05. The Balaban J connectivity index is 1.88. The molecule has 2 bridgehead atoms. The molecular weight excluding hydrogens is 378 g/mol. The minimum atomic E-state index is -4.69. The highest BCUT2D eigenvalue weighted by atomic mass is 35.5. The molecule has 5 nitrogen and oxygen atoms in total. The second-order valence-electron chi connectivity index (χ2n) is 6.83. The van der Waals surface area contributed by atoms with Gasteiger partial charge in [-0.3, -0.25) is 4.79 Å². The van der Waals surface area contributed by atoms with Crippen molar-refractivity contribution in [2.24, 2.45) is 11.7 Å². The number of primary amides is 1. The Bertz CT molecular complexity index is 752. The molecule has 3 aliphatic carbocycles. The van der Waals surface area contributed by atoms with Crippen molar-refractivity contribution in [2.75, 3.05) is 6.54 Å². The lowest BCUT2D eigenvalue weighted by Gasteiger charge is -2.66. The maximum Gasteiger partial charge on any atom is 0.416 e. The molecule has 1 aromatic carbocycles. The van der Waals surface area contributed by atoms with Crippen molar-refractivity contribution in [2.45, 2.75) is 37.5 Å². The van der Waals surface area contributed by atoms with E-state index < -0.39 is 46.6 Å². The van der Waals surface area contributed by atoms with E-state index in [2.05, 4.69) is 5.32 Å². The Kier molecular flexibility index (Phi) is 4.54. The fraction of sp³-hybridized carbons (Fsp3) is 0.500. The van der Waals surface area contributed by atoms with Crippen LogP contribution in [0.4, 0.5) is 22.4 Å². The van der Waals surface area contributed by atoms with Gasteiger partial charge in [0.1, 0.15) is 5.82 Å². The number of nitrogens with one attached hydrogen (secondary N) is 1. The topological polar surface area (TPSA) is 75.4 Å². The van der Waals surface area contributed by atoms with Gasteiger partial charge in [-0.05, 0) is 37.3 Å². The minimum absolute atomic E-state index is 0.318. The van der Waals surface area contributed by atoms with Crippen LogP contribution in [0.15, 0.2) is 12.1 Å². The fourth-order valence-electron chi connectivity index (χ4n) is 3.64. The Morgan fingerprint density at radius 1 is 1.31 bits per heavy atom. The lowest BCUT2D eigenvalue weighted by atomic mass is 9.49. The lowest BCUT2D eigenvalue weighted by molar-refractivity contribution is -0.173. The van der Waals surface area contributed by atoms with Crippen LogP contribution in [0, 0.1) is 11.7 Å². The van der Waals surface area contributed by atoms with Crippen LogP contribution in [0.2, 0.25) is 5.02 Å². The molecule has 0 atom stereocenters. The summed E-state index contributed by atoms with van der Waals surface area (Å²) >= 11 is 5.61. The average Bonchev–Trinajstić information content (AvgIpc) is 2.43. The van der Waals surface area contributed by atoms with Gasteiger partial charge in [-0.2, -0.15) is 13.2 Å². The molecule has 0 aromatic heterocycles. The van der Waals surface area contributed by atoms with Gasteiger partial charge in [0.2, 0.25) is 5.91 Å². The van der Waals surface area contributed by atoms with Gasteiger partial charge in [0.15, 0.2) is 0 Å². The quantitative estimate of drug-likeness (QED) is 0.754. The molecule has 3 saturated carbocycles. The number of urea groups is 1. The van der Waals surface area contributed by atoms with Crippen molar-refractivity contribution >= 4 is 23.5 Å². The highest BCUT2D eigenvalue weighted by molar-refractivity contribution is 6.30. The van der Waals surface area contributed by atoms with E-state index in [1.165, 1.54) is 4.90 Å². The summed E-state index contributed by atoms with van der Waals surface area (Å²) in [5, 5.41) is 1.50. The number of nitrogens with zero attached hydrogens (tertiary/aromatic N) is 1. The zero-order chi connectivity index (χ0) is 19.3. The van der Waals surface area contributed by atoms with Crippen LogP contribution in [0.3, 0.4) is 0 Å². The van der Waals surface area contributed by atoms with E-state index in [4.69, 9.17) is 17.3 Å². The minimum Gasteiger partial charge on any atom is -0.352 e. The Morgan fingerprint density at radius 2 is 1.92 bits per heavy atom. The van der Waals surface area contributed by atoms with Crippen molar-refractivity contribution in [3.05, 3.63) is 34.1 Å². The van der Waals surface area contributed by atoms with E-state index in [-0.39, 0.29) is 12.1 Å². The standard InChI is InChI=1S/C16H16ClF4N3O2/c17-11-2-10(16(19,20)21)1-9(13(11)18)7-24(12(25)6-23-14(22)26)15-3-8(4-15)5-15/h1-2,8H,3-7H2,(H3,22,23,26). The first kappa shape index (κ1) is 18.8. The SMILES string of the molecule is NC(=O)NCC(=O)N(Cc1cc(C(F)(F)F)cc(Cl)c1F)C12CC(C1)C2. The van der Waals surface area contributed by atoms with Crippen LogP contribution in [0.25, 0.3) is 0 Å². The number of alkyl halides is 3. The molecule has 26 heavy (non-hydrogen) atoms. The third kappa shape index (κ3) is 3.32. The van der Waals surface area contributed by atoms with E-state index in [0.29, 0.717) is 37.3 Å². The molecule has 142 valence electrons. The Morgan fingerprint density at radius 3 is 2.38 bits per heavy atom. The highest BCUT2D eigenvalue weighted by Crippen LogP contribution is 2.61. The second kappa shape index (κ2) is 6.29. The fourth-order valence-corrected chi connectivity index (χ4v) is 3.88. The van der Waals surface area contributed by atoms with Gasteiger partial charge in [-0.25, -0.2) is 9.18 Å². The number of carbonyl (C=O) groups excluding carboxylic acids is 2. The Labute approximate surface area is 151 Å². The molecule has 1 aromatic rings. The molecule has 0 radical (unpaired) electrons. The average molecular weight is 394 g/mol. The monoisotopic (exact) mass is 393 g/mol. The molecule has 3 amide bonds. The molecule has 0 spiro atoms. The van der Waals surface area contributed by atoms with Crippen LogP contribution >= 0.6 is 11.6 Å². The number of benzene rings is 1. The van der Waals surface area contributed by atoms with Gasteiger partial charge in [0.25, 0.3) is 0 Å². The number of carbonyl (C=O) groups is 2. The maximum absolute atomic E-state index is 14.3. The highest BCUT2D eigenvalue weighted by Gasteiger charge is 2.61. The first-order chi connectivity index (χ1) is 12.0. The van der Waals surface area contributed by atoms with Gasteiger partial charge in [-0.15, -0.1) is 0 Å². The van der Waals surface area contributed by atoms with Crippen molar-refractivity contribution in [3.63, 3.8) is 0 Å². The summed E-state index contributed by atoms with van der Waals surface area (Å²) in [5.74, 6) is -1.05. The number of hydrogen-bond donors (Lipinski definition) is 2. The summed E-state index contributed by atoms with van der Waals surface area (Å²) in [6, 6.07) is 0.278. The molecule has 10 heteroatoms. The maximum atomic E-state index is 14.3. The molecule has 3 aliphatic rings. The number of rotatable bonds is 5. The molecule has 0 aliphatic heterocycles. The zero-order valence-corrected chi connectivity index (χ0v) is 14.3. The predicted molar refractivity (Wildman–Crippen MR) is 84.6 cm³/mol. The van der Waals surface area contributed by atoms with Gasteiger partial charge in [-0.1, -0.05) is 11.6 Å². The molecule has 3 N–H and O–H groups in total. The van der Waals surface area contributed by atoms with Crippen LogP contribution in [-0.2, 0) is 17.5 Å². The first-order valence-corrected chi connectivity index (χ1v) is 8.28. The van der Waals surface area contributed by atoms with Crippen LogP contribution in [0.5, 0.6) is 0 Å². The number of nitrogens with two attached hydrogens (primary N) is 1. The Hall–Kier alpha value is -2.03. The van der Waals surface area contributed by atoms with Gasteiger partial charge >= 0.3 is 12.2 Å². The summed E-state index contributed by atoms with van der Waals surface area (Å²) < 4.78 is 53.2. The first-order valence-electron chi connectivity index (χ1n) is 7.91. The van der Waals surface area contributed by atoms with E-state index in [9.17, 15) is 27.2 Å². The van der Waals surface area contributed by atoms with Crippen LogP contribution < -0.4 is 11.1 Å². The number of amides is 3. The molecule has 3 fully saturated rings. The van der Waals surface area contributed by atoms with E-state index >= 15 is 0 Å². The molecule has 0 unspecified atom stereocenters. The number of halogens is 5. The van der Waals surface area contributed by atoms with Crippen molar-refractivity contribution < 1.29 is 27.2 Å². The van der Waals surface area contributed by atoms with Crippen LogP contribution in [-0.4, -0.2) is 28.9 Å². The largest absolute Gasteiger partial charge is 0.416 e. The zero-order valence-electron chi connectivity index (χ0n) is 13.5. The summed E-state index contributed by atoms with van der Waals surface area (Å²) in [7, 11) is 0. The lowest BCUT2D eigenvalue weighted by Crippen LogP contribution is -2.70. The normalized spacial score (nSPS) is 23.7. The molecule has 0 heterocycles. The van der Waals surface area contributed by atoms with Gasteiger partial charge < -0.3 is 16.0 Å². The van der Waals surface area contributed by atoms with Crippen molar-refractivity contribution in [1.29, 1.82) is 0 Å². The van der Waals surface area contributed by atoms with E-state index in [0.717, 1.165) is 0 Å². The van der Waals surface area contributed by atoms with Crippen LogP contribution in [0.1, 0.15) is 30.4 Å². The second-order valence-corrected chi connectivity index (χ2v) is 7.24. The smallest absolute Gasteiger partial charge is 0.352 e. The van der Waals surface area contributed by atoms with Gasteiger partial charge in [0, 0.05) is 17.6 Å². The van der Waals surface area contributed by atoms with E-state index in [1.807, 2.05) is 0 Å². The molecule has 0 saturated heterocycles. The summed E-state index contributed by atoms with van der Waals surface area (Å²) in [6.45, 7) is -0.766. The summed E-state index contributed by atoms with van der Waals surface area (Å²) in [6.07, 6.45) is -2.55. The van der Waals surface area contributed by atoms with Gasteiger partial charge in [0.05, 0.1) is 17.1 Å². The van der Waals surface area contributed by atoms with Crippen molar-refractivity contribution in [1.82, 2.24) is 10.2 Å². The van der Waals surface area contributed by atoms with Crippen molar-refractivity contribution in [3.8, 4) is 0 Å². The predicted octanol–water partition coefficient (Wildman–Crippen LogP) is 3.05. The summed E-state index contributed by atoms with van der Waals surface area (Å²) in [4.78, 5) is 24.6. The third-order valence-corrected chi connectivity index (χ3v) is 5.33. The number of hydrogen-bond acceptors (Lipinski definition) is 2. The molecule has 4 rings (SSSR count).